The Hall–Kier alpha value is -2.08. The summed E-state index contributed by atoms with van der Waals surface area (Å²) in [6.07, 6.45) is 30.2. The summed E-state index contributed by atoms with van der Waals surface area (Å²) in [4.78, 5) is 40.8. The van der Waals surface area contributed by atoms with E-state index in [0.29, 0.717) is 19.3 Å². The van der Waals surface area contributed by atoms with Crippen molar-refractivity contribution in [2.24, 2.45) is 0 Å². The smallest absolute Gasteiger partial charge is 0.306 e. The Morgan fingerprint density at radius 3 is 1.55 bits per heavy atom. The van der Waals surface area contributed by atoms with Gasteiger partial charge in [-0.2, -0.15) is 0 Å². The van der Waals surface area contributed by atoms with E-state index in [9.17, 15) is 14.4 Å². The molecule has 0 aliphatic carbocycles. The largest absolute Gasteiger partial charge is 0.459 e. The van der Waals surface area contributed by atoms with Crippen molar-refractivity contribution in [3.05, 3.63) is 12.7 Å². The molecule has 0 bridgehead atoms. The summed E-state index contributed by atoms with van der Waals surface area (Å²) >= 11 is 0. The second kappa shape index (κ2) is 37.8. The van der Waals surface area contributed by atoms with Crippen molar-refractivity contribution in [2.75, 3.05) is 13.2 Å². The van der Waals surface area contributed by atoms with E-state index in [1.807, 2.05) is 0 Å². The molecule has 1 amide bonds. The lowest BCUT2D eigenvalue weighted by Gasteiger charge is -2.50. The lowest BCUT2D eigenvalue weighted by Crippen LogP contribution is -2.70. The number of nitrogens with one attached hydrogen (secondary N) is 1. The van der Waals surface area contributed by atoms with Crippen LogP contribution in [0.5, 0.6) is 0 Å². The summed E-state index contributed by atoms with van der Waals surface area (Å²) in [6.45, 7) is 14.2. The molecule has 2 fully saturated rings. The highest BCUT2D eigenvalue weighted by atomic mass is 19.1. The molecule has 2 aliphatic heterocycles. The van der Waals surface area contributed by atoms with Gasteiger partial charge in [0.05, 0.1) is 13.2 Å². The molecule has 2 rings (SSSR count). The summed E-state index contributed by atoms with van der Waals surface area (Å²) in [5.74, 6) is -2.93. The fourth-order valence-corrected chi connectivity index (χ4v) is 9.06. The summed E-state index contributed by atoms with van der Waals surface area (Å²) in [7, 11) is 0. The van der Waals surface area contributed by atoms with Gasteiger partial charge in [-0.25, -0.2) is 4.39 Å². The summed E-state index contributed by atoms with van der Waals surface area (Å²) in [5, 5.41) is 2.80. The van der Waals surface area contributed by atoms with E-state index in [0.717, 1.165) is 57.8 Å². The van der Waals surface area contributed by atoms with Crippen molar-refractivity contribution in [1.82, 2.24) is 5.32 Å². The molecule has 65 heavy (non-hydrogen) atoms. The third kappa shape index (κ3) is 27.5. The Kier molecular flexibility index (Phi) is 34.4. The predicted octanol–water partition coefficient (Wildman–Crippen LogP) is 14.0. The Morgan fingerprint density at radius 1 is 0.662 bits per heavy atom. The van der Waals surface area contributed by atoms with Gasteiger partial charge >= 0.3 is 11.9 Å². The minimum absolute atomic E-state index is 0.0674. The summed E-state index contributed by atoms with van der Waals surface area (Å²) < 4.78 is 53.2. The normalized spacial score (nSPS) is 21.3. The number of carbonyl (C=O) groups excluding carboxylic acids is 3. The number of hydrogen-bond acceptors (Lipinski definition) is 9. The molecule has 10 nitrogen and oxygen atoms in total. The first-order valence-electron chi connectivity index (χ1n) is 27.1. The summed E-state index contributed by atoms with van der Waals surface area (Å²) in [6, 6.07) is -1.13. The topological polar surface area (TPSA) is 119 Å². The molecule has 0 aromatic heterocycles. The number of hydrogen-bond donors (Lipinski definition) is 1. The standard InChI is InChI=1S/C54H98FNO9/c1-7-11-14-17-20-23-25-28-31-34-37-40-46(57)62-44(39-36-33-30-27-22-19-16-13-9-3)48(55)52(59)56-49-51(50-45(43-61-54(5,6)65-50)63-53(49)60-42-10-4)64-47(58)41-38-35-32-29-26-24-21-18-15-12-8-2/h10,44-45,48-51,53H,4,7-9,11-43H2,1-3,5-6H3,(H,56,59)/t44-,45-,48+,49-,50-,51-,53-/m1/s1. The van der Waals surface area contributed by atoms with Gasteiger partial charge in [-0.15, -0.1) is 6.58 Å². The fourth-order valence-electron chi connectivity index (χ4n) is 9.06. The second-order valence-corrected chi connectivity index (χ2v) is 19.6. The molecule has 2 heterocycles. The number of unbranched alkanes of at least 4 members (excludes halogenated alkanes) is 28. The van der Waals surface area contributed by atoms with Crippen LogP contribution in [-0.2, 0) is 42.8 Å². The van der Waals surface area contributed by atoms with Crippen molar-refractivity contribution in [3.63, 3.8) is 0 Å². The first kappa shape index (κ1) is 59.0. The maximum Gasteiger partial charge on any atom is 0.306 e. The zero-order valence-corrected chi connectivity index (χ0v) is 42.3. The van der Waals surface area contributed by atoms with Crippen LogP contribution in [0, 0.1) is 0 Å². The molecule has 0 spiro atoms. The molecule has 7 atom stereocenters. The van der Waals surface area contributed by atoms with Crippen LogP contribution in [0.4, 0.5) is 4.39 Å². The number of amides is 1. The first-order valence-corrected chi connectivity index (χ1v) is 27.1. The molecule has 0 saturated carbocycles. The van der Waals surface area contributed by atoms with E-state index < -0.39 is 66.6 Å². The molecule has 11 heteroatoms. The van der Waals surface area contributed by atoms with Gasteiger partial charge in [0.25, 0.3) is 5.91 Å². The molecule has 2 aliphatic rings. The molecule has 0 aromatic rings. The van der Waals surface area contributed by atoms with Gasteiger partial charge in [-0.1, -0.05) is 207 Å². The molecule has 0 unspecified atom stereocenters. The van der Waals surface area contributed by atoms with E-state index in [-0.39, 0.29) is 32.5 Å². The molecule has 0 radical (unpaired) electrons. The first-order chi connectivity index (χ1) is 31.6. The number of alkyl halides is 1. The second-order valence-electron chi connectivity index (χ2n) is 19.6. The molecule has 0 aromatic carbocycles. The third-order valence-electron chi connectivity index (χ3n) is 13.0. The average Bonchev–Trinajstić information content (AvgIpc) is 3.28. The van der Waals surface area contributed by atoms with Crippen molar-refractivity contribution in [2.45, 2.75) is 302 Å². The van der Waals surface area contributed by atoms with Crippen LogP contribution in [0.3, 0.4) is 0 Å². The van der Waals surface area contributed by atoms with Crippen LogP contribution in [0.25, 0.3) is 0 Å². The zero-order valence-electron chi connectivity index (χ0n) is 42.3. The van der Waals surface area contributed by atoms with E-state index in [4.69, 9.17) is 28.4 Å². The Bertz CT molecular complexity index is 1220. The van der Waals surface area contributed by atoms with Gasteiger partial charge in [0, 0.05) is 12.8 Å². The molecular weight excluding hydrogens is 826 g/mol. The molecule has 1 N–H and O–H groups in total. The van der Waals surface area contributed by atoms with Crippen LogP contribution < -0.4 is 5.32 Å². The molecular formula is C54H98FNO9. The van der Waals surface area contributed by atoms with Crippen LogP contribution >= 0.6 is 0 Å². The average molecular weight is 924 g/mol. The molecule has 2 saturated heterocycles. The van der Waals surface area contributed by atoms with Crippen LogP contribution in [0.2, 0.25) is 0 Å². The lowest BCUT2D eigenvalue weighted by molar-refractivity contribution is -0.368. The van der Waals surface area contributed by atoms with E-state index in [2.05, 4.69) is 32.7 Å². The van der Waals surface area contributed by atoms with Gasteiger partial charge in [-0.05, 0) is 39.5 Å². The van der Waals surface area contributed by atoms with Gasteiger partial charge < -0.3 is 33.7 Å². The monoisotopic (exact) mass is 924 g/mol. The number of halogens is 1. The Labute approximate surface area is 396 Å². The lowest BCUT2D eigenvalue weighted by atomic mass is 9.94. The Morgan fingerprint density at radius 2 is 1.09 bits per heavy atom. The SMILES string of the molecule is C=CCO[C@@H]1O[C@@H]2COC(C)(C)O[C@H]2[C@H](OC(=O)CCCCCCCCCCCCC)[C@H]1NC(=O)[C@@H](F)[C@@H](CCCCCCCCCCC)OC(=O)CCCCCCCCCCCCC. The van der Waals surface area contributed by atoms with E-state index in [1.165, 1.54) is 122 Å². The Balaban J connectivity index is 2.10. The number of rotatable bonds is 42. The van der Waals surface area contributed by atoms with E-state index in [1.54, 1.807) is 19.9 Å². The van der Waals surface area contributed by atoms with Crippen LogP contribution in [0.15, 0.2) is 12.7 Å². The fraction of sp³-hybridized carbons (Fsp3) is 0.907. The number of fused-ring (bicyclic) bond motifs is 1. The van der Waals surface area contributed by atoms with Gasteiger partial charge in [-0.3, -0.25) is 14.4 Å². The zero-order chi connectivity index (χ0) is 47.4. The quantitative estimate of drug-likeness (QED) is 0.0363. The maximum atomic E-state index is 16.6. The van der Waals surface area contributed by atoms with Gasteiger partial charge in [0.2, 0.25) is 6.17 Å². The highest BCUT2D eigenvalue weighted by molar-refractivity contribution is 5.82. The van der Waals surface area contributed by atoms with Crippen LogP contribution in [-0.4, -0.2) is 79.8 Å². The van der Waals surface area contributed by atoms with Crippen molar-refractivity contribution < 1.29 is 47.2 Å². The number of carbonyl (C=O) groups is 3. The minimum Gasteiger partial charge on any atom is -0.459 e. The van der Waals surface area contributed by atoms with Crippen molar-refractivity contribution >= 4 is 17.8 Å². The maximum absolute atomic E-state index is 16.6. The number of esters is 2. The van der Waals surface area contributed by atoms with Crippen molar-refractivity contribution in [1.29, 1.82) is 0 Å². The summed E-state index contributed by atoms with van der Waals surface area (Å²) in [5.41, 5.74) is 0. The van der Waals surface area contributed by atoms with Gasteiger partial charge in [0.1, 0.15) is 24.4 Å². The van der Waals surface area contributed by atoms with E-state index >= 15 is 4.39 Å². The minimum atomic E-state index is -2.16. The van der Waals surface area contributed by atoms with Crippen molar-refractivity contribution in [3.8, 4) is 0 Å². The highest BCUT2D eigenvalue weighted by Crippen LogP contribution is 2.35. The number of ether oxygens (including phenoxy) is 6. The van der Waals surface area contributed by atoms with Crippen LogP contribution in [0.1, 0.15) is 253 Å². The molecule has 380 valence electrons. The predicted molar refractivity (Wildman–Crippen MR) is 260 cm³/mol. The van der Waals surface area contributed by atoms with Gasteiger partial charge in [0.15, 0.2) is 18.2 Å². The highest BCUT2D eigenvalue weighted by Gasteiger charge is 2.54. The third-order valence-corrected chi connectivity index (χ3v) is 13.0.